The number of aromatic nitrogens is 4. The van der Waals surface area contributed by atoms with Gasteiger partial charge in [0.05, 0.1) is 5.92 Å². The molecule has 0 aromatic carbocycles. The fraction of sp³-hybridized carbons (Fsp3) is 0.450. The molecular formula is C20H22F3N5O. The molecular weight excluding hydrogens is 383 g/mol. The molecule has 9 heteroatoms. The Balaban J connectivity index is 1.57. The molecule has 0 bridgehead atoms. The summed E-state index contributed by atoms with van der Waals surface area (Å²) in [4.78, 5) is 12.8. The minimum Gasteiger partial charge on any atom is -0.309 e. The van der Waals surface area contributed by atoms with Crippen LogP contribution in [0, 0.1) is 11.8 Å². The lowest BCUT2D eigenvalue weighted by atomic mass is 9.87. The minimum atomic E-state index is -4.47. The first-order valence-electron chi connectivity index (χ1n) is 9.64. The first-order chi connectivity index (χ1) is 13.8. The van der Waals surface area contributed by atoms with E-state index < -0.39 is 17.8 Å². The molecule has 2 aliphatic rings. The average molecular weight is 405 g/mol. The highest BCUT2D eigenvalue weighted by atomic mass is 19.4. The molecule has 1 N–H and O–H groups in total. The summed E-state index contributed by atoms with van der Waals surface area (Å²) in [7, 11) is 1.75. The largest absolute Gasteiger partial charge is 0.435 e. The van der Waals surface area contributed by atoms with E-state index >= 15 is 0 Å². The maximum Gasteiger partial charge on any atom is 0.435 e. The van der Waals surface area contributed by atoms with Crippen LogP contribution in [0.25, 0.3) is 0 Å². The van der Waals surface area contributed by atoms with Gasteiger partial charge in [-0.3, -0.25) is 14.2 Å². The molecule has 2 atom stereocenters. The number of carbonyl (C=O) groups excluding carboxylic acids is 1. The molecule has 0 saturated carbocycles. The molecule has 29 heavy (non-hydrogen) atoms. The number of allylic oxidation sites excluding steroid dienone is 3. The average Bonchev–Trinajstić information content (AvgIpc) is 3.26. The zero-order valence-electron chi connectivity index (χ0n) is 16.0. The third-order valence-corrected chi connectivity index (χ3v) is 5.43. The van der Waals surface area contributed by atoms with E-state index in [1.165, 1.54) is 4.68 Å². The van der Waals surface area contributed by atoms with Gasteiger partial charge in [-0.15, -0.1) is 0 Å². The van der Waals surface area contributed by atoms with Gasteiger partial charge in [0.25, 0.3) is 0 Å². The van der Waals surface area contributed by atoms with Gasteiger partial charge >= 0.3 is 6.18 Å². The van der Waals surface area contributed by atoms with Gasteiger partial charge in [-0.25, -0.2) is 0 Å². The summed E-state index contributed by atoms with van der Waals surface area (Å²) >= 11 is 0. The van der Waals surface area contributed by atoms with Crippen molar-refractivity contribution < 1.29 is 18.0 Å². The molecule has 2 unspecified atom stereocenters. The summed E-state index contributed by atoms with van der Waals surface area (Å²) in [6.45, 7) is 0.222. The van der Waals surface area contributed by atoms with Gasteiger partial charge in [0.2, 0.25) is 5.91 Å². The van der Waals surface area contributed by atoms with E-state index in [0.717, 1.165) is 12.8 Å². The van der Waals surface area contributed by atoms with Crippen LogP contribution in [0.2, 0.25) is 0 Å². The number of halogens is 3. The third-order valence-electron chi connectivity index (χ3n) is 5.43. The summed E-state index contributed by atoms with van der Waals surface area (Å²) < 4.78 is 43.4. The van der Waals surface area contributed by atoms with Crippen molar-refractivity contribution in [1.29, 1.82) is 0 Å². The number of carbonyl (C=O) groups is 1. The van der Waals surface area contributed by atoms with Crippen LogP contribution in [0.5, 0.6) is 0 Å². The predicted octanol–water partition coefficient (Wildman–Crippen LogP) is 3.51. The van der Waals surface area contributed by atoms with Crippen molar-refractivity contribution in [3.8, 4) is 0 Å². The second kappa shape index (κ2) is 7.53. The molecule has 2 heterocycles. The molecule has 4 rings (SSSR count). The normalized spacial score (nSPS) is 21.2. The van der Waals surface area contributed by atoms with Crippen molar-refractivity contribution >= 4 is 11.7 Å². The number of nitrogens with zero attached hydrogens (tertiary/aromatic N) is 4. The van der Waals surface area contributed by atoms with Crippen LogP contribution in [0.15, 0.2) is 36.6 Å². The lowest BCUT2D eigenvalue weighted by Gasteiger charge is -2.24. The van der Waals surface area contributed by atoms with E-state index in [2.05, 4.69) is 15.5 Å². The SMILES string of the molecule is Cn1ccc(NC(=O)C2C=CC=CC2Cn2nc(C(F)(F)F)c3c2CCCC3)n1. The highest BCUT2D eigenvalue weighted by molar-refractivity contribution is 5.93. The summed E-state index contributed by atoms with van der Waals surface area (Å²) in [6, 6.07) is 1.69. The van der Waals surface area contributed by atoms with Crippen LogP contribution < -0.4 is 5.32 Å². The summed E-state index contributed by atoms with van der Waals surface area (Å²) in [5, 5.41) is 10.8. The Kier molecular flexibility index (Phi) is 5.06. The van der Waals surface area contributed by atoms with Crippen molar-refractivity contribution in [2.24, 2.45) is 18.9 Å². The Labute approximate surface area is 166 Å². The minimum absolute atomic E-state index is 0.222. The van der Waals surface area contributed by atoms with Crippen molar-refractivity contribution in [2.75, 3.05) is 5.32 Å². The predicted molar refractivity (Wildman–Crippen MR) is 101 cm³/mol. The molecule has 6 nitrogen and oxygen atoms in total. The van der Waals surface area contributed by atoms with Gasteiger partial charge in [0.1, 0.15) is 0 Å². The summed E-state index contributed by atoms with van der Waals surface area (Å²) in [5.74, 6) is -0.614. The highest BCUT2D eigenvalue weighted by Crippen LogP contribution is 2.36. The standard InChI is InChI=1S/C20H22F3N5O/c1-27-11-10-17(25-27)24-19(29)14-7-3-2-6-13(14)12-28-16-9-5-4-8-15(16)18(26-28)20(21,22)23/h2-3,6-7,10-11,13-14H,4-5,8-9,12H2,1H3,(H,24,25,29). The third kappa shape index (κ3) is 3.99. The Bertz CT molecular complexity index is 969. The van der Waals surface area contributed by atoms with Gasteiger partial charge in [0, 0.05) is 43.0 Å². The lowest BCUT2D eigenvalue weighted by Crippen LogP contribution is -2.31. The monoisotopic (exact) mass is 405 g/mol. The Morgan fingerprint density at radius 3 is 2.69 bits per heavy atom. The van der Waals surface area contributed by atoms with E-state index in [4.69, 9.17) is 0 Å². The van der Waals surface area contributed by atoms with E-state index in [-0.39, 0.29) is 18.4 Å². The number of aryl methyl sites for hydroxylation is 1. The van der Waals surface area contributed by atoms with Crippen LogP contribution in [-0.2, 0) is 37.4 Å². The van der Waals surface area contributed by atoms with Crippen molar-refractivity contribution in [2.45, 2.75) is 38.4 Å². The van der Waals surface area contributed by atoms with Gasteiger partial charge in [0.15, 0.2) is 11.5 Å². The van der Waals surface area contributed by atoms with Gasteiger partial charge in [-0.05, 0) is 25.7 Å². The molecule has 0 fully saturated rings. The number of hydrogen-bond donors (Lipinski definition) is 1. The first kappa shape index (κ1) is 19.5. The highest BCUT2D eigenvalue weighted by Gasteiger charge is 2.40. The molecule has 0 radical (unpaired) electrons. The van der Waals surface area contributed by atoms with Crippen molar-refractivity contribution in [1.82, 2.24) is 19.6 Å². The number of hydrogen-bond acceptors (Lipinski definition) is 3. The number of anilines is 1. The number of amides is 1. The molecule has 1 amide bonds. The summed E-state index contributed by atoms with van der Waals surface area (Å²) in [5.41, 5.74) is 0.181. The Morgan fingerprint density at radius 2 is 1.97 bits per heavy atom. The smallest absolute Gasteiger partial charge is 0.309 e. The van der Waals surface area contributed by atoms with Crippen LogP contribution in [0.3, 0.4) is 0 Å². The van der Waals surface area contributed by atoms with Crippen molar-refractivity contribution in [3.63, 3.8) is 0 Å². The zero-order valence-corrected chi connectivity index (χ0v) is 16.0. The van der Waals surface area contributed by atoms with E-state index in [1.54, 1.807) is 36.1 Å². The molecule has 0 aliphatic heterocycles. The number of rotatable bonds is 4. The maximum atomic E-state index is 13.4. The fourth-order valence-corrected chi connectivity index (χ4v) is 4.05. The summed E-state index contributed by atoms with van der Waals surface area (Å²) in [6.07, 6.45) is 7.03. The second-order valence-corrected chi connectivity index (χ2v) is 7.48. The number of alkyl halides is 3. The Morgan fingerprint density at radius 1 is 1.21 bits per heavy atom. The van der Waals surface area contributed by atoms with E-state index in [1.807, 2.05) is 12.2 Å². The maximum absolute atomic E-state index is 13.4. The van der Waals surface area contributed by atoms with Gasteiger partial charge in [-0.2, -0.15) is 23.4 Å². The second-order valence-electron chi connectivity index (χ2n) is 7.48. The topological polar surface area (TPSA) is 64.7 Å². The number of nitrogens with one attached hydrogen (secondary N) is 1. The van der Waals surface area contributed by atoms with Crippen LogP contribution >= 0.6 is 0 Å². The van der Waals surface area contributed by atoms with Gasteiger partial charge < -0.3 is 5.32 Å². The first-order valence-corrected chi connectivity index (χ1v) is 9.64. The quantitative estimate of drug-likeness (QED) is 0.847. The van der Waals surface area contributed by atoms with Crippen LogP contribution in [0.4, 0.5) is 19.0 Å². The van der Waals surface area contributed by atoms with E-state index in [0.29, 0.717) is 29.9 Å². The Hall–Kier alpha value is -2.84. The van der Waals surface area contributed by atoms with Crippen LogP contribution in [0.1, 0.15) is 29.8 Å². The van der Waals surface area contributed by atoms with E-state index in [9.17, 15) is 18.0 Å². The molecule has 2 aromatic rings. The molecule has 0 spiro atoms. The fourth-order valence-electron chi connectivity index (χ4n) is 4.05. The molecule has 2 aliphatic carbocycles. The lowest BCUT2D eigenvalue weighted by molar-refractivity contribution is -0.142. The zero-order chi connectivity index (χ0) is 20.6. The number of fused-ring (bicyclic) bond motifs is 1. The van der Waals surface area contributed by atoms with Crippen LogP contribution in [-0.4, -0.2) is 25.5 Å². The van der Waals surface area contributed by atoms with Gasteiger partial charge in [-0.1, -0.05) is 24.3 Å². The molecule has 2 aromatic heterocycles. The molecule has 0 saturated heterocycles. The van der Waals surface area contributed by atoms with Crippen molar-refractivity contribution in [3.05, 3.63) is 53.5 Å². The molecule has 154 valence electrons.